The van der Waals surface area contributed by atoms with E-state index < -0.39 is 0 Å². The normalized spacial score (nSPS) is 12.6. The van der Waals surface area contributed by atoms with Crippen molar-refractivity contribution in [1.82, 2.24) is 0 Å². The molecule has 0 aromatic heterocycles. The zero-order valence-corrected chi connectivity index (χ0v) is 11.8. The highest BCUT2D eigenvalue weighted by Crippen LogP contribution is 2.27. The standard InChI is InChI=1S/C13H21FN2S/c1-9-7-13(16(3)5-6-17-4)11(10(2)15)8-12(9)14/h7-8,10H,5-6,15H2,1-4H3. The number of hydrogen-bond acceptors (Lipinski definition) is 3. The Hall–Kier alpha value is -0.740. The van der Waals surface area contributed by atoms with Gasteiger partial charge in [-0.05, 0) is 43.4 Å². The molecule has 1 aromatic carbocycles. The highest BCUT2D eigenvalue weighted by molar-refractivity contribution is 7.98. The largest absolute Gasteiger partial charge is 0.373 e. The Morgan fingerprint density at radius 1 is 1.47 bits per heavy atom. The van der Waals surface area contributed by atoms with Crippen LogP contribution in [-0.2, 0) is 0 Å². The summed E-state index contributed by atoms with van der Waals surface area (Å²) in [5, 5.41) is 0. The highest BCUT2D eigenvalue weighted by atomic mass is 32.2. The molecule has 0 aliphatic heterocycles. The zero-order chi connectivity index (χ0) is 13.0. The maximum atomic E-state index is 13.6. The van der Waals surface area contributed by atoms with Crippen LogP contribution in [0.5, 0.6) is 0 Å². The number of thioether (sulfide) groups is 1. The molecular formula is C13H21FN2S. The van der Waals surface area contributed by atoms with E-state index in [4.69, 9.17) is 5.73 Å². The summed E-state index contributed by atoms with van der Waals surface area (Å²) in [5.41, 5.74) is 8.48. The molecule has 0 amide bonds. The Morgan fingerprint density at radius 2 is 2.12 bits per heavy atom. The van der Waals surface area contributed by atoms with E-state index in [0.717, 1.165) is 23.5 Å². The second kappa shape index (κ2) is 6.26. The van der Waals surface area contributed by atoms with E-state index >= 15 is 0 Å². The first-order valence-electron chi connectivity index (χ1n) is 5.73. The van der Waals surface area contributed by atoms with Gasteiger partial charge in [0.2, 0.25) is 0 Å². The molecule has 0 bridgehead atoms. The Bertz CT molecular complexity index is 380. The van der Waals surface area contributed by atoms with Crippen molar-refractivity contribution in [3.05, 3.63) is 29.1 Å². The van der Waals surface area contributed by atoms with E-state index in [1.54, 1.807) is 24.8 Å². The van der Waals surface area contributed by atoms with Crippen LogP contribution in [0.3, 0.4) is 0 Å². The molecule has 2 N–H and O–H groups in total. The van der Waals surface area contributed by atoms with Crippen molar-refractivity contribution in [1.29, 1.82) is 0 Å². The van der Waals surface area contributed by atoms with Gasteiger partial charge in [0.25, 0.3) is 0 Å². The Balaban J connectivity index is 3.07. The number of rotatable bonds is 5. The lowest BCUT2D eigenvalue weighted by atomic mass is 10.0. The number of nitrogens with zero attached hydrogens (tertiary/aromatic N) is 1. The Labute approximate surface area is 107 Å². The van der Waals surface area contributed by atoms with E-state index in [-0.39, 0.29) is 11.9 Å². The minimum atomic E-state index is -0.181. The predicted octanol–water partition coefficient (Wildman–Crippen LogP) is 2.95. The first-order valence-corrected chi connectivity index (χ1v) is 7.12. The summed E-state index contributed by atoms with van der Waals surface area (Å²) in [5.74, 6) is 0.866. The van der Waals surface area contributed by atoms with Crippen LogP contribution in [0.2, 0.25) is 0 Å². The molecule has 0 saturated heterocycles. The molecule has 1 aromatic rings. The van der Waals surface area contributed by atoms with Crippen LogP contribution in [0.15, 0.2) is 12.1 Å². The van der Waals surface area contributed by atoms with Gasteiger partial charge in [0.05, 0.1) is 0 Å². The molecule has 0 spiro atoms. The second-order valence-electron chi connectivity index (χ2n) is 4.36. The van der Waals surface area contributed by atoms with Crippen LogP contribution < -0.4 is 10.6 Å². The average molecular weight is 256 g/mol. The van der Waals surface area contributed by atoms with Gasteiger partial charge >= 0.3 is 0 Å². The SMILES string of the molecule is CSCCN(C)c1cc(C)c(F)cc1C(C)N. The van der Waals surface area contributed by atoms with Gasteiger partial charge in [-0.25, -0.2) is 4.39 Å². The fraction of sp³-hybridized carbons (Fsp3) is 0.538. The molecule has 1 atom stereocenters. The van der Waals surface area contributed by atoms with Gasteiger partial charge in [-0.15, -0.1) is 0 Å². The van der Waals surface area contributed by atoms with Crippen LogP contribution in [0.4, 0.5) is 10.1 Å². The van der Waals surface area contributed by atoms with Crippen molar-refractivity contribution in [3.8, 4) is 0 Å². The second-order valence-corrected chi connectivity index (χ2v) is 5.35. The molecule has 1 rings (SSSR count). The van der Waals surface area contributed by atoms with E-state index in [2.05, 4.69) is 11.2 Å². The summed E-state index contributed by atoms with van der Waals surface area (Å²) in [6.45, 7) is 4.61. The molecule has 0 fully saturated rings. The first kappa shape index (κ1) is 14.3. The summed E-state index contributed by atoms with van der Waals surface area (Å²) in [4.78, 5) is 2.14. The van der Waals surface area contributed by atoms with Gasteiger partial charge in [0, 0.05) is 31.1 Å². The zero-order valence-electron chi connectivity index (χ0n) is 11.0. The molecule has 17 heavy (non-hydrogen) atoms. The molecule has 0 heterocycles. The monoisotopic (exact) mass is 256 g/mol. The predicted molar refractivity (Wildman–Crippen MR) is 75.4 cm³/mol. The maximum absolute atomic E-state index is 13.6. The van der Waals surface area contributed by atoms with Gasteiger partial charge < -0.3 is 10.6 Å². The Kier molecular flexibility index (Phi) is 5.28. The Morgan fingerprint density at radius 3 is 2.65 bits per heavy atom. The third kappa shape index (κ3) is 3.61. The lowest BCUT2D eigenvalue weighted by molar-refractivity contribution is 0.612. The van der Waals surface area contributed by atoms with E-state index in [0.29, 0.717) is 5.56 Å². The number of hydrogen-bond donors (Lipinski definition) is 1. The van der Waals surface area contributed by atoms with Crippen molar-refractivity contribution in [3.63, 3.8) is 0 Å². The van der Waals surface area contributed by atoms with Gasteiger partial charge in [-0.1, -0.05) is 0 Å². The van der Waals surface area contributed by atoms with Crippen molar-refractivity contribution in [2.45, 2.75) is 19.9 Å². The summed E-state index contributed by atoms with van der Waals surface area (Å²) in [6, 6.07) is 3.29. The molecule has 0 aliphatic rings. The van der Waals surface area contributed by atoms with E-state index in [1.165, 1.54) is 0 Å². The number of nitrogens with two attached hydrogens (primary N) is 1. The summed E-state index contributed by atoms with van der Waals surface area (Å²) in [7, 11) is 2.02. The third-order valence-corrected chi connectivity index (χ3v) is 3.43. The molecule has 0 saturated carbocycles. The average Bonchev–Trinajstić information content (AvgIpc) is 2.28. The van der Waals surface area contributed by atoms with Gasteiger partial charge in [-0.3, -0.25) is 0 Å². The molecule has 0 aliphatic carbocycles. The molecule has 1 unspecified atom stereocenters. The van der Waals surface area contributed by atoms with Crippen LogP contribution in [0.25, 0.3) is 0 Å². The first-order chi connectivity index (χ1) is 7.97. The number of anilines is 1. The maximum Gasteiger partial charge on any atom is 0.126 e. The fourth-order valence-corrected chi connectivity index (χ4v) is 2.18. The number of halogens is 1. The van der Waals surface area contributed by atoms with Crippen molar-refractivity contribution < 1.29 is 4.39 Å². The minimum absolute atomic E-state index is 0.156. The van der Waals surface area contributed by atoms with Crippen LogP contribution >= 0.6 is 11.8 Å². The molecule has 4 heteroatoms. The summed E-state index contributed by atoms with van der Waals surface area (Å²) >= 11 is 1.80. The molecular weight excluding hydrogens is 235 g/mol. The van der Waals surface area contributed by atoms with Crippen molar-refractivity contribution in [2.75, 3.05) is 30.5 Å². The van der Waals surface area contributed by atoms with E-state index in [1.807, 2.05) is 20.0 Å². The summed E-state index contributed by atoms with van der Waals surface area (Å²) in [6.07, 6.45) is 2.08. The van der Waals surface area contributed by atoms with Crippen LogP contribution in [0.1, 0.15) is 24.1 Å². The summed E-state index contributed by atoms with van der Waals surface area (Å²) < 4.78 is 13.6. The molecule has 0 radical (unpaired) electrons. The van der Waals surface area contributed by atoms with Crippen LogP contribution in [-0.4, -0.2) is 25.6 Å². The number of benzene rings is 1. The van der Waals surface area contributed by atoms with Gasteiger partial charge in [0.15, 0.2) is 0 Å². The quantitative estimate of drug-likeness (QED) is 0.878. The molecule has 96 valence electrons. The minimum Gasteiger partial charge on any atom is -0.373 e. The van der Waals surface area contributed by atoms with E-state index in [9.17, 15) is 4.39 Å². The molecule has 2 nitrogen and oxygen atoms in total. The highest BCUT2D eigenvalue weighted by Gasteiger charge is 2.13. The smallest absolute Gasteiger partial charge is 0.126 e. The number of aryl methyl sites for hydroxylation is 1. The lowest BCUT2D eigenvalue weighted by Gasteiger charge is -2.24. The fourth-order valence-electron chi connectivity index (χ4n) is 1.73. The van der Waals surface area contributed by atoms with Crippen molar-refractivity contribution >= 4 is 17.4 Å². The third-order valence-electron chi connectivity index (χ3n) is 2.84. The topological polar surface area (TPSA) is 29.3 Å². The lowest BCUT2D eigenvalue weighted by Crippen LogP contribution is -2.23. The van der Waals surface area contributed by atoms with Gasteiger partial charge in [-0.2, -0.15) is 11.8 Å². The van der Waals surface area contributed by atoms with Crippen molar-refractivity contribution in [2.24, 2.45) is 5.73 Å². The van der Waals surface area contributed by atoms with Gasteiger partial charge in [0.1, 0.15) is 5.82 Å². The van der Waals surface area contributed by atoms with Crippen LogP contribution in [0, 0.1) is 12.7 Å².